The lowest BCUT2D eigenvalue weighted by molar-refractivity contribution is -0.143. The molecule has 0 spiro atoms. The standard InChI is InChI=1S/C27H26N2O6/c30-15-24(26(32)33)28-25(31)14-23(17-8-2-1-3-9-17)29-27(34)35-16-22-20-12-6-4-10-18(20)19-11-5-7-13-21(19)22/h1-13,22-24,30H,14-16H2,(H,28,31)(H,29,34)(H,32,33)/t23?,24-/m1/s1. The average Bonchev–Trinajstić information content (AvgIpc) is 3.19. The monoisotopic (exact) mass is 474 g/mol. The first-order chi connectivity index (χ1) is 17.0. The number of benzene rings is 3. The van der Waals surface area contributed by atoms with Crippen LogP contribution >= 0.6 is 0 Å². The lowest BCUT2D eigenvalue weighted by Crippen LogP contribution is -2.44. The third-order valence-electron chi connectivity index (χ3n) is 6.04. The number of rotatable bonds is 9. The zero-order valence-corrected chi connectivity index (χ0v) is 18.9. The minimum Gasteiger partial charge on any atom is -0.480 e. The van der Waals surface area contributed by atoms with Gasteiger partial charge in [0.05, 0.1) is 19.1 Å². The minimum atomic E-state index is -1.42. The Hall–Kier alpha value is -4.17. The molecule has 1 aliphatic rings. The zero-order valence-electron chi connectivity index (χ0n) is 18.9. The molecule has 0 heterocycles. The molecule has 180 valence electrons. The normalized spacial score (nSPS) is 13.7. The van der Waals surface area contributed by atoms with Crippen LogP contribution in [0, 0.1) is 0 Å². The fourth-order valence-electron chi connectivity index (χ4n) is 4.34. The molecule has 0 aromatic heterocycles. The summed E-state index contributed by atoms with van der Waals surface area (Å²) in [6, 6.07) is 22.7. The summed E-state index contributed by atoms with van der Waals surface area (Å²) in [4.78, 5) is 36.3. The summed E-state index contributed by atoms with van der Waals surface area (Å²) in [6.45, 7) is -0.615. The van der Waals surface area contributed by atoms with E-state index in [2.05, 4.69) is 22.8 Å². The van der Waals surface area contributed by atoms with Crippen molar-refractivity contribution in [1.82, 2.24) is 10.6 Å². The Morgan fingerprint density at radius 1 is 0.829 bits per heavy atom. The van der Waals surface area contributed by atoms with Crippen molar-refractivity contribution in [2.75, 3.05) is 13.2 Å². The summed E-state index contributed by atoms with van der Waals surface area (Å²) in [5, 5.41) is 23.2. The summed E-state index contributed by atoms with van der Waals surface area (Å²) < 4.78 is 5.60. The molecule has 0 radical (unpaired) electrons. The number of hydrogen-bond donors (Lipinski definition) is 4. The highest BCUT2D eigenvalue weighted by atomic mass is 16.5. The van der Waals surface area contributed by atoms with Gasteiger partial charge in [-0.2, -0.15) is 0 Å². The Morgan fingerprint density at radius 3 is 1.97 bits per heavy atom. The van der Waals surface area contributed by atoms with E-state index in [-0.39, 0.29) is 18.9 Å². The average molecular weight is 475 g/mol. The van der Waals surface area contributed by atoms with Gasteiger partial charge in [0, 0.05) is 5.92 Å². The van der Waals surface area contributed by atoms with E-state index < -0.39 is 36.7 Å². The van der Waals surface area contributed by atoms with Gasteiger partial charge in [0.2, 0.25) is 5.91 Å². The Labute approximate surface area is 202 Å². The molecule has 0 fully saturated rings. The Kier molecular flexibility index (Phi) is 7.42. The summed E-state index contributed by atoms with van der Waals surface area (Å²) in [5.74, 6) is -2.08. The van der Waals surface area contributed by atoms with E-state index in [0.29, 0.717) is 5.56 Å². The van der Waals surface area contributed by atoms with Crippen LogP contribution in [0.2, 0.25) is 0 Å². The Balaban J connectivity index is 1.44. The molecule has 0 saturated heterocycles. The number of carboxylic acid groups (broad SMARTS) is 1. The Morgan fingerprint density at radius 2 is 1.40 bits per heavy atom. The molecule has 3 aromatic carbocycles. The molecule has 0 bridgehead atoms. The third-order valence-corrected chi connectivity index (χ3v) is 6.04. The first kappa shape index (κ1) is 24.0. The predicted molar refractivity (Wildman–Crippen MR) is 129 cm³/mol. The number of nitrogens with one attached hydrogen (secondary N) is 2. The van der Waals surface area contributed by atoms with Crippen LogP contribution in [-0.4, -0.2) is 47.4 Å². The molecule has 0 saturated carbocycles. The second kappa shape index (κ2) is 10.8. The summed E-state index contributed by atoms with van der Waals surface area (Å²) >= 11 is 0. The summed E-state index contributed by atoms with van der Waals surface area (Å²) in [7, 11) is 0. The van der Waals surface area contributed by atoms with Crippen LogP contribution in [0.5, 0.6) is 0 Å². The number of carboxylic acids is 1. The predicted octanol–water partition coefficient (Wildman–Crippen LogP) is 3.22. The van der Waals surface area contributed by atoms with E-state index in [4.69, 9.17) is 14.9 Å². The fraction of sp³-hybridized carbons (Fsp3) is 0.222. The molecule has 0 aliphatic heterocycles. The maximum atomic E-state index is 12.8. The van der Waals surface area contributed by atoms with Gasteiger partial charge in [0.25, 0.3) is 0 Å². The van der Waals surface area contributed by atoms with Crippen LogP contribution in [0.3, 0.4) is 0 Å². The number of aliphatic hydroxyl groups excluding tert-OH is 1. The molecular weight excluding hydrogens is 448 g/mol. The van der Waals surface area contributed by atoms with Crippen molar-refractivity contribution >= 4 is 18.0 Å². The second-order valence-electron chi connectivity index (χ2n) is 8.28. The molecular formula is C27H26N2O6. The minimum absolute atomic E-state index is 0.104. The van der Waals surface area contributed by atoms with E-state index in [0.717, 1.165) is 22.3 Å². The molecule has 1 aliphatic carbocycles. The van der Waals surface area contributed by atoms with Gasteiger partial charge in [-0.15, -0.1) is 0 Å². The molecule has 2 atom stereocenters. The number of amides is 2. The Bertz CT molecular complexity index is 1170. The molecule has 8 heteroatoms. The van der Waals surface area contributed by atoms with Crippen molar-refractivity contribution in [2.45, 2.75) is 24.4 Å². The highest BCUT2D eigenvalue weighted by Crippen LogP contribution is 2.44. The topological polar surface area (TPSA) is 125 Å². The molecule has 4 N–H and O–H groups in total. The van der Waals surface area contributed by atoms with E-state index in [1.54, 1.807) is 30.3 Å². The number of carbonyl (C=O) groups excluding carboxylic acids is 2. The van der Waals surface area contributed by atoms with Gasteiger partial charge >= 0.3 is 12.1 Å². The van der Waals surface area contributed by atoms with Crippen LogP contribution in [0.4, 0.5) is 4.79 Å². The first-order valence-electron chi connectivity index (χ1n) is 11.3. The third kappa shape index (κ3) is 5.50. The number of hydrogen-bond acceptors (Lipinski definition) is 5. The number of fused-ring (bicyclic) bond motifs is 3. The lowest BCUT2D eigenvalue weighted by Gasteiger charge is -2.21. The van der Waals surface area contributed by atoms with Crippen molar-refractivity contribution in [3.63, 3.8) is 0 Å². The van der Waals surface area contributed by atoms with Crippen molar-refractivity contribution in [3.8, 4) is 11.1 Å². The summed E-state index contributed by atoms with van der Waals surface area (Å²) in [5.41, 5.74) is 5.07. The SMILES string of the molecule is O=C(CC(NC(=O)OCC1c2ccccc2-c2ccccc21)c1ccccc1)N[C@H](CO)C(=O)O. The molecule has 2 amide bonds. The first-order valence-corrected chi connectivity index (χ1v) is 11.3. The number of aliphatic hydroxyl groups is 1. The van der Waals surface area contributed by atoms with Crippen molar-refractivity contribution in [3.05, 3.63) is 95.6 Å². The molecule has 4 rings (SSSR count). The van der Waals surface area contributed by atoms with Crippen LogP contribution in [0.1, 0.15) is 35.1 Å². The maximum absolute atomic E-state index is 12.8. The van der Waals surface area contributed by atoms with Crippen LogP contribution in [0.15, 0.2) is 78.9 Å². The lowest BCUT2D eigenvalue weighted by atomic mass is 9.98. The van der Waals surface area contributed by atoms with Gasteiger partial charge in [-0.05, 0) is 27.8 Å². The van der Waals surface area contributed by atoms with Gasteiger partial charge in [-0.1, -0.05) is 78.9 Å². The van der Waals surface area contributed by atoms with Gasteiger partial charge in [-0.25, -0.2) is 9.59 Å². The second-order valence-corrected chi connectivity index (χ2v) is 8.28. The van der Waals surface area contributed by atoms with Gasteiger partial charge < -0.3 is 25.6 Å². The van der Waals surface area contributed by atoms with Crippen LogP contribution in [0.25, 0.3) is 11.1 Å². The number of ether oxygens (including phenoxy) is 1. The fourth-order valence-corrected chi connectivity index (χ4v) is 4.34. The number of alkyl carbamates (subject to hydrolysis) is 1. The van der Waals surface area contributed by atoms with Gasteiger partial charge in [0.15, 0.2) is 0 Å². The number of aliphatic carboxylic acids is 1. The molecule has 35 heavy (non-hydrogen) atoms. The number of carbonyl (C=O) groups is 3. The van der Waals surface area contributed by atoms with Crippen molar-refractivity contribution < 1.29 is 29.3 Å². The molecule has 1 unspecified atom stereocenters. The van der Waals surface area contributed by atoms with Crippen LogP contribution in [-0.2, 0) is 14.3 Å². The van der Waals surface area contributed by atoms with Crippen molar-refractivity contribution in [1.29, 1.82) is 0 Å². The highest BCUT2D eigenvalue weighted by Gasteiger charge is 2.30. The van der Waals surface area contributed by atoms with E-state index in [1.165, 1.54) is 0 Å². The van der Waals surface area contributed by atoms with Gasteiger partial charge in [-0.3, -0.25) is 4.79 Å². The maximum Gasteiger partial charge on any atom is 0.407 e. The molecule has 3 aromatic rings. The molecule has 8 nitrogen and oxygen atoms in total. The zero-order chi connectivity index (χ0) is 24.8. The van der Waals surface area contributed by atoms with E-state index >= 15 is 0 Å². The van der Waals surface area contributed by atoms with Crippen LogP contribution < -0.4 is 10.6 Å². The summed E-state index contributed by atoms with van der Waals surface area (Å²) in [6.07, 6.45) is -0.914. The quantitative estimate of drug-likeness (QED) is 0.377. The van der Waals surface area contributed by atoms with E-state index in [1.807, 2.05) is 36.4 Å². The van der Waals surface area contributed by atoms with Gasteiger partial charge in [0.1, 0.15) is 12.6 Å². The largest absolute Gasteiger partial charge is 0.480 e. The van der Waals surface area contributed by atoms with Crippen molar-refractivity contribution in [2.24, 2.45) is 0 Å². The smallest absolute Gasteiger partial charge is 0.407 e. The highest BCUT2D eigenvalue weighted by molar-refractivity contribution is 5.84. The van der Waals surface area contributed by atoms with E-state index in [9.17, 15) is 14.4 Å².